The molecule has 2 atom stereocenters. The maximum absolute atomic E-state index is 6.50. The molecule has 0 bridgehead atoms. The molecule has 21 heavy (non-hydrogen) atoms. The molecule has 0 radical (unpaired) electrons. The molecule has 0 aliphatic carbocycles. The van der Waals surface area contributed by atoms with Gasteiger partial charge in [-0.1, -0.05) is 0 Å². The van der Waals surface area contributed by atoms with Crippen LogP contribution in [0, 0.1) is 0 Å². The fourth-order valence-corrected chi connectivity index (χ4v) is 2.80. The lowest BCUT2D eigenvalue weighted by Crippen LogP contribution is -2.49. The summed E-state index contributed by atoms with van der Waals surface area (Å²) in [6.45, 7) is 11.1. The molecule has 120 valence electrons. The smallest absolute Gasteiger partial charge is 0.161 e. The van der Waals surface area contributed by atoms with Gasteiger partial charge in [-0.2, -0.15) is 5.10 Å². The first-order valence-corrected chi connectivity index (χ1v) is 7.68. The summed E-state index contributed by atoms with van der Waals surface area (Å²) >= 11 is 0. The third kappa shape index (κ3) is 3.39. The summed E-state index contributed by atoms with van der Waals surface area (Å²) in [5.74, 6) is 0.737. The summed E-state index contributed by atoms with van der Waals surface area (Å²) in [6, 6.07) is 0.492. The zero-order valence-electron chi connectivity index (χ0n) is 13.7. The van der Waals surface area contributed by atoms with Crippen molar-refractivity contribution in [3.8, 4) is 5.75 Å². The minimum atomic E-state index is -0.244. The Labute approximate surface area is 127 Å². The van der Waals surface area contributed by atoms with Crippen LogP contribution in [0.25, 0.3) is 0 Å². The van der Waals surface area contributed by atoms with Crippen molar-refractivity contribution < 1.29 is 9.47 Å². The highest BCUT2D eigenvalue weighted by Crippen LogP contribution is 2.30. The highest BCUT2D eigenvalue weighted by Gasteiger charge is 2.32. The van der Waals surface area contributed by atoms with Crippen molar-refractivity contribution in [2.75, 3.05) is 26.8 Å². The maximum Gasteiger partial charge on any atom is 0.161 e. The van der Waals surface area contributed by atoms with Crippen LogP contribution < -0.4 is 10.5 Å². The van der Waals surface area contributed by atoms with E-state index in [0.717, 1.165) is 24.5 Å². The van der Waals surface area contributed by atoms with Crippen molar-refractivity contribution >= 4 is 0 Å². The first kappa shape index (κ1) is 16.3. The molecule has 2 N–H and O–H groups in total. The Hall–Kier alpha value is -1.11. The number of hydrogen-bond acceptors (Lipinski definition) is 5. The van der Waals surface area contributed by atoms with Gasteiger partial charge in [-0.15, -0.1) is 0 Å². The van der Waals surface area contributed by atoms with Crippen LogP contribution in [0.2, 0.25) is 0 Å². The average molecular weight is 296 g/mol. The minimum absolute atomic E-state index is 0.0377. The van der Waals surface area contributed by atoms with Crippen LogP contribution in [0.1, 0.15) is 45.5 Å². The number of aromatic nitrogens is 2. The second kappa shape index (κ2) is 6.77. The van der Waals surface area contributed by atoms with Crippen LogP contribution in [-0.4, -0.2) is 53.6 Å². The fourth-order valence-electron chi connectivity index (χ4n) is 2.80. The number of ether oxygens (including phenoxy) is 2. The third-order valence-electron chi connectivity index (χ3n) is 4.08. The van der Waals surface area contributed by atoms with Crippen molar-refractivity contribution in [1.29, 1.82) is 0 Å². The van der Waals surface area contributed by atoms with Crippen LogP contribution in [0.15, 0.2) is 6.20 Å². The predicted octanol–water partition coefficient (Wildman–Crippen LogP) is 1.58. The molecular formula is C15H28N4O2. The van der Waals surface area contributed by atoms with E-state index in [2.05, 4.69) is 37.7 Å². The highest BCUT2D eigenvalue weighted by atomic mass is 16.5. The molecule has 1 aromatic rings. The molecule has 0 amide bonds. The zero-order chi connectivity index (χ0) is 15.6. The Morgan fingerprint density at radius 3 is 2.62 bits per heavy atom. The molecular weight excluding hydrogens is 268 g/mol. The van der Waals surface area contributed by atoms with Crippen molar-refractivity contribution in [1.82, 2.24) is 14.7 Å². The van der Waals surface area contributed by atoms with Gasteiger partial charge in [0.25, 0.3) is 0 Å². The van der Waals surface area contributed by atoms with Crippen LogP contribution in [0.5, 0.6) is 5.75 Å². The van der Waals surface area contributed by atoms with Gasteiger partial charge in [-0.25, -0.2) is 0 Å². The van der Waals surface area contributed by atoms with Gasteiger partial charge >= 0.3 is 0 Å². The summed E-state index contributed by atoms with van der Waals surface area (Å²) in [5, 5.41) is 4.40. The molecule has 6 heteroatoms. The average Bonchev–Trinajstić information content (AvgIpc) is 2.90. The number of nitrogens with zero attached hydrogens (tertiary/aromatic N) is 3. The molecule has 1 aliphatic heterocycles. The van der Waals surface area contributed by atoms with E-state index in [1.807, 2.05) is 4.68 Å². The lowest BCUT2D eigenvalue weighted by atomic mass is 10.0. The normalized spacial score (nSPS) is 22.0. The fraction of sp³-hybridized carbons (Fsp3) is 0.800. The van der Waals surface area contributed by atoms with Crippen molar-refractivity contribution in [2.24, 2.45) is 5.73 Å². The maximum atomic E-state index is 6.50. The van der Waals surface area contributed by atoms with Gasteiger partial charge in [0.2, 0.25) is 0 Å². The van der Waals surface area contributed by atoms with Crippen LogP contribution in [0.3, 0.4) is 0 Å². The van der Waals surface area contributed by atoms with Gasteiger partial charge in [0.15, 0.2) is 5.75 Å². The summed E-state index contributed by atoms with van der Waals surface area (Å²) in [7, 11) is 1.65. The third-order valence-corrected chi connectivity index (χ3v) is 4.08. The summed E-state index contributed by atoms with van der Waals surface area (Å²) in [4.78, 5) is 2.40. The first-order chi connectivity index (χ1) is 9.95. The van der Waals surface area contributed by atoms with E-state index in [4.69, 9.17) is 15.2 Å². The van der Waals surface area contributed by atoms with E-state index in [9.17, 15) is 0 Å². The molecule has 1 aliphatic rings. The van der Waals surface area contributed by atoms with Gasteiger partial charge < -0.3 is 15.2 Å². The molecule has 0 saturated carbocycles. The van der Waals surface area contributed by atoms with E-state index in [1.165, 1.54) is 0 Å². The number of methoxy groups -OCH3 is 1. The number of rotatable bonds is 5. The van der Waals surface area contributed by atoms with Crippen molar-refractivity contribution in [3.63, 3.8) is 0 Å². The topological polar surface area (TPSA) is 65.5 Å². The minimum Gasteiger partial charge on any atom is -0.493 e. The lowest BCUT2D eigenvalue weighted by molar-refractivity contribution is -0.0517. The molecule has 2 rings (SSSR count). The van der Waals surface area contributed by atoms with E-state index in [-0.39, 0.29) is 18.2 Å². The van der Waals surface area contributed by atoms with Crippen molar-refractivity contribution in [3.05, 3.63) is 11.9 Å². The predicted molar refractivity (Wildman–Crippen MR) is 82.5 cm³/mol. The van der Waals surface area contributed by atoms with Gasteiger partial charge in [0.1, 0.15) is 5.69 Å². The van der Waals surface area contributed by atoms with Gasteiger partial charge in [-0.3, -0.25) is 9.58 Å². The second-order valence-corrected chi connectivity index (χ2v) is 6.16. The van der Waals surface area contributed by atoms with Crippen molar-refractivity contribution in [2.45, 2.75) is 51.9 Å². The Balaban J connectivity index is 2.22. The molecule has 6 nitrogen and oxygen atoms in total. The van der Waals surface area contributed by atoms with E-state index in [1.54, 1.807) is 13.3 Å². The summed E-state index contributed by atoms with van der Waals surface area (Å²) in [5.41, 5.74) is 7.42. The molecule has 2 unspecified atom stereocenters. The molecule has 0 aromatic carbocycles. The second-order valence-electron chi connectivity index (χ2n) is 6.16. The molecule has 0 spiro atoms. The van der Waals surface area contributed by atoms with Crippen LogP contribution in [0.4, 0.5) is 0 Å². The number of hydrogen-bond donors (Lipinski definition) is 1. The monoisotopic (exact) mass is 296 g/mol. The van der Waals surface area contributed by atoms with E-state index >= 15 is 0 Å². The Morgan fingerprint density at radius 2 is 2.05 bits per heavy atom. The summed E-state index contributed by atoms with van der Waals surface area (Å²) in [6.07, 6.45) is 1.70. The lowest BCUT2D eigenvalue weighted by Gasteiger charge is -2.38. The highest BCUT2D eigenvalue weighted by molar-refractivity contribution is 5.29. The Kier molecular flexibility index (Phi) is 5.24. The number of nitrogens with two attached hydrogens (primary N) is 1. The van der Waals surface area contributed by atoms with Crippen LogP contribution >= 0.6 is 0 Å². The zero-order valence-corrected chi connectivity index (χ0v) is 13.7. The Bertz CT molecular complexity index is 459. The first-order valence-electron chi connectivity index (χ1n) is 7.68. The largest absolute Gasteiger partial charge is 0.493 e. The number of morpholine rings is 1. The Morgan fingerprint density at radius 1 is 1.33 bits per heavy atom. The quantitative estimate of drug-likeness (QED) is 0.893. The molecule has 2 heterocycles. The SMILES string of the molecule is COc1cnn(C(C)C)c1C(N)C1CN(C(C)C)CCO1. The standard InChI is InChI=1S/C15H28N4O2/c1-10(2)18-6-7-21-13(9-18)14(16)15-12(20-5)8-17-19(15)11(3)4/h8,10-11,13-14H,6-7,9,16H2,1-5H3. The van der Waals surface area contributed by atoms with E-state index in [0.29, 0.717) is 12.6 Å². The van der Waals surface area contributed by atoms with Gasteiger partial charge in [0, 0.05) is 25.2 Å². The molecule has 1 aromatic heterocycles. The molecule has 1 saturated heterocycles. The van der Waals surface area contributed by atoms with Gasteiger partial charge in [0.05, 0.1) is 32.1 Å². The molecule has 1 fully saturated rings. The van der Waals surface area contributed by atoms with Crippen LogP contribution in [-0.2, 0) is 4.74 Å². The van der Waals surface area contributed by atoms with E-state index < -0.39 is 0 Å². The summed E-state index contributed by atoms with van der Waals surface area (Å²) < 4.78 is 13.3. The van der Waals surface area contributed by atoms with Gasteiger partial charge in [-0.05, 0) is 27.7 Å².